The molecule has 2 heteroatoms. The van der Waals surface area contributed by atoms with Gasteiger partial charge >= 0.3 is 0 Å². The minimum Gasteiger partial charge on any atom is -0.374 e. The van der Waals surface area contributed by atoms with E-state index >= 15 is 0 Å². The van der Waals surface area contributed by atoms with Gasteiger partial charge in [0.15, 0.2) is 0 Å². The Morgan fingerprint density at radius 1 is 1.32 bits per heavy atom. The molecule has 0 aromatic heterocycles. The third-order valence-corrected chi connectivity index (χ3v) is 5.06. The van der Waals surface area contributed by atoms with Gasteiger partial charge < -0.3 is 10.5 Å². The van der Waals surface area contributed by atoms with Crippen molar-refractivity contribution in [2.45, 2.75) is 63.0 Å². The minimum atomic E-state index is -0.0285. The van der Waals surface area contributed by atoms with Crippen molar-refractivity contribution in [3.63, 3.8) is 0 Å². The molecule has 1 saturated carbocycles. The van der Waals surface area contributed by atoms with Gasteiger partial charge in [-0.15, -0.1) is 0 Å². The lowest BCUT2D eigenvalue weighted by Gasteiger charge is -2.39. The Kier molecular flexibility index (Phi) is 3.64. The standard InChI is InChI=1S/C17H25NO/c1-2-19-17(9-5-6-10-17)16(18)12-14-11-13-7-3-4-8-15(13)14/h3-4,7-8,14,16H,2,5-6,9-12,18H2,1H3. The summed E-state index contributed by atoms with van der Waals surface area (Å²) in [6, 6.07) is 8.97. The fraction of sp³-hybridized carbons (Fsp3) is 0.647. The summed E-state index contributed by atoms with van der Waals surface area (Å²) in [6.45, 7) is 2.88. The maximum Gasteiger partial charge on any atom is 0.0832 e. The molecule has 2 N–H and O–H groups in total. The molecule has 1 fully saturated rings. The van der Waals surface area contributed by atoms with Crippen molar-refractivity contribution >= 4 is 0 Å². The van der Waals surface area contributed by atoms with Crippen LogP contribution in [0.2, 0.25) is 0 Å². The van der Waals surface area contributed by atoms with E-state index in [0.29, 0.717) is 5.92 Å². The molecule has 2 nitrogen and oxygen atoms in total. The normalized spacial score (nSPS) is 25.7. The Labute approximate surface area is 116 Å². The zero-order chi connectivity index (χ0) is 13.3. The molecule has 2 aliphatic carbocycles. The average Bonchev–Trinajstić information content (AvgIpc) is 2.86. The predicted molar refractivity (Wildman–Crippen MR) is 78.3 cm³/mol. The summed E-state index contributed by atoms with van der Waals surface area (Å²) < 4.78 is 6.08. The van der Waals surface area contributed by atoms with E-state index in [0.717, 1.165) is 25.9 Å². The average molecular weight is 259 g/mol. The monoisotopic (exact) mass is 259 g/mol. The van der Waals surface area contributed by atoms with Crippen LogP contribution in [0.4, 0.5) is 0 Å². The summed E-state index contributed by atoms with van der Waals surface area (Å²) >= 11 is 0. The van der Waals surface area contributed by atoms with Gasteiger partial charge in [-0.3, -0.25) is 0 Å². The number of hydrogen-bond donors (Lipinski definition) is 1. The van der Waals surface area contributed by atoms with Gasteiger partial charge in [0, 0.05) is 12.6 Å². The summed E-state index contributed by atoms with van der Waals surface area (Å²) in [5.74, 6) is 0.657. The summed E-state index contributed by atoms with van der Waals surface area (Å²) in [4.78, 5) is 0. The fourth-order valence-electron chi connectivity index (χ4n) is 3.98. The first-order valence-electron chi connectivity index (χ1n) is 7.72. The third kappa shape index (κ3) is 2.32. The van der Waals surface area contributed by atoms with Gasteiger partial charge in [-0.25, -0.2) is 0 Å². The van der Waals surface area contributed by atoms with Gasteiger partial charge in [0.2, 0.25) is 0 Å². The van der Waals surface area contributed by atoms with Crippen LogP contribution >= 0.6 is 0 Å². The van der Waals surface area contributed by atoms with Crippen LogP contribution in [0.3, 0.4) is 0 Å². The van der Waals surface area contributed by atoms with Gasteiger partial charge in [-0.1, -0.05) is 37.1 Å². The number of ether oxygens (including phenoxy) is 1. The zero-order valence-corrected chi connectivity index (χ0v) is 11.9. The predicted octanol–water partition coefficient (Wildman–Crippen LogP) is 3.39. The Morgan fingerprint density at radius 3 is 2.74 bits per heavy atom. The first kappa shape index (κ1) is 13.1. The summed E-state index contributed by atoms with van der Waals surface area (Å²) in [5.41, 5.74) is 9.54. The van der Waals surface area contributed by atoms with Crippen LogP contribution in [0.5, 0.6) is 0 Å². The molecule has 0 spiro atoms. The lowest BCUT2D eigenvalue weighted by Crippen LogP contribution is -2.49. The molecule has 0 bridgehead atoms. The lowest BCUT2D eigenvalue weighted by molar-refractivity contribution is -0.0559. The molecular weight excluding hydrogens is 234 g/mol. The van der Waals surface area contributed by atoms with Crippen molar-refractivity contribution in [2.75, 3.05) is 6.61 Å². The van der Waals surface area contributed by atoms with E-state index in [9.17, 15) is 0 Å². The van der Waals surface area contributed by atoms with Gasteiger partial charge in [-0.2, -0.15) is 0 Å². The third-order valence-electron chi connectivity index (χ3n) is 5.06. The molecule has 0 radical (unpaired) electrons. The van der Waals surface area contributed by atoms with E-state index in [2.05, 4.69) is 31.2 Å². The van der Waals surface area contributed by atoms with E-state index in [1.165, 1.54) is 30.4 Å². The molecule has 1 aromatic carbocycles. The van der Waals surface area contributed by atoms with Gasteiger partial charge in [0.25, 0.3) is 0 Å². The second-order valence-corrected chi connectivity index (χ2v) is 6.15. The second-order valence-electron chi connectivity index (χ2n) is 6.15. The highest BCUT2D eigenvalue weighted by atomic mass is 16.5. The molecule has 104 valence electrons. The topological polar surface area (TPSA) is 35.2 Å². The largest absolute Gasteiger partial charge is 0.374 e. The van der Waals surface area contributed by atoms with Crippen LogP contribution in [-0.2, 0) is 11.2 Å². The first-order valence-corrected chi connectivity index (χ1v) is 7.72. The van der Waals surface area contributed by atoms with Crippen molar-refractivity contribution in [1.82, 2.24) is 0 Å². The molecular formula is C17H25NO. The van der Waals surface area contributed by atoms with E-state index in [4.69, 9.17) is 10.5 Å². The second kappa shape index (κ2) is 5.26. The molecule has 2 aliphatic rings. The summed E-state index contributed by atoms with van der Waals surface area (Å²) in [6.07, 6.45) is 7.12. The molecule has 0 aliphatic heterocycles. The van der Waals surface area contributed by atoms with Crippen LogP contribution in [-0.4, -0.2) is 18.2 Å². The zero-order valence-electron chi connectivity index (χ0n) is 11.9. The van der Waals surface area contributed by atoms with E-state index in [1.807, 2.05) is 0 Å². The first-order chi connectivity index (χ1) is 9.25. The van der Waals surface area contributed by atoms with Crippen molar-refractivity contribution in [1.29, 1.82) is 0 Å². The van der Waals surface area contributed by atoms with Crippen molar-refractivity contribution in [3.8, 4) is 0 Å². The molecule has 19 heavy (non-hydrogen) atoms. The number of fused-ring (bicyclic) bond motifs is 1. The molecule has 0 heterocycles. The number of hydrogen-bond acceptors (Lipinski definition) is 2. The molecule has 2 unspecified atom stereocenters. The maximum absolute atomic E-state index is 6.54. The van der Waals surface area contributed by atoms with Crippen LogP contribution in [0.1, 0.15) is 56.1 Å². The fourth-order valence-corrected chi connectivity index (χ4v) is 3.98. The van der Waals surface area contributed by atoms with Crippen LogP contribution < -0.4 is 5.73 Å². The Bertz CT molecular complexity index is 437. The van der Waals surface area contributed by atoms with E-state index in [-0.39, 0.29) is 11.6 Å². The van der Waals surface area contributed by atoms with E-state index in [1.54, 1.807) is 0 Å². The minimum absolute atomic E-state index is 0.0285. The highest BCUT2D eigenvalue weighted by Gasteiger charge is 2.42. The van der Waals surface area contributed by atoms with Crippen LogP contribution in [0, 0.1) is 0 Å². The van der Waals surface area contributed by atoms with Crippen LogP contribution in [0.25, 0.3) is 0 Å². The van der Waals surface area contributed by atoms with Gasteiger partial charge in [0.1, 0.15) is 0 Å². The highest BCUT2D eigenvalue weighted by Crippen LogP contribution is 2.43. The lowest BCUT2D eigenvalue weighted by atomic mass is 9.72. The van der Waals surface area contributed by atoms with Gasteiger partial charge in [-0.05, 0) is 49.7 Å². The molecule has 0 amide bonds. The molecule has 1 aromatic rings. The highest BCUT2D eigenvalue weighted by molar-refractivity contribution is 5.40. The Hall–Kier alpha value is -0.860. The number of benzene rings is 1. The van der Waals surface area contributed by atoms with Crippen molar-refractivity contribution in [3.05, 3.63) is 35.4 Å². The smallest absolute Gasteiger partial charge is 0.0832 e. The van der Waals surface area contributed by atoms with Crippen molar-refractivity contribution < 1.29 is 4.74 Å². The van der Waals surface area contributed by atoms with Gasteiger partial charge in [0.05, 0.1) is 5.60 Å². The Balaban J connectivity index is 1.67. The number of nitrogens with two attached hydrogens (primary N) is 1. The summed E-state index contributed by atoms with van der Waals surface area (Å²) in [7, 11) is 0. The quantitative estimate of drug-likeness (QED) is 0.879. The van der Waals surface area contributed by atoms with E-state index < -0.39 is 0 Å². The molecule has 2 atom stereocenters. The molecule has 0 saturated heterocycles. The SMILES string of the molecule is CCOC1(C(N)CC2Cc3ccccc32)CCCC1. The van der Waals surface area contributed by atoms with Crippen LogP contribution in [0.15, 0.2) is 24.3 Å². The summed E-state index contributed by atoms with van der Waals surface area (Å²) in [5, 5.41) is 0. The number of rotatable bonds is 5. The maximum atomic E-state index is 6.54. The Morgan fingerprint density at radius 2 is 2.05 bits per heavy atom. The van der Waals surface area contributed by atoms with Crippen molar-refractivity contribution in [2.24, 2.45) is 5.73 Å². The molecule has 3 rings (SSSR count).